The van der Waals surface area contributed by atoms with Crippen LogP contribution in [0.3, 0.4) is 0 Å². The fraction of sp³-hybridized carbons (Fsp3) is 0.750. The fourth-order valence-electron chi connectivity index (χ4n) is 2.43. The molecule has 1 rings (SSSR count). The van der Waals surface area contributed by atoms with Crippen LogP contribution in [-0.4, -0.2) is 96.5 Å². The molecule has 0 N–H and O–H groups in total. The van der Waals surface area contributed by atoms with Gasteiger partial charge in [-0.15, -0.1) is 20.3 Å². The van der Waals surface area contributed by atoms with Crippen molar-refractivity contribution in [1.29, 1.82) is 0 Å². The summed E-state index contributed by atoms with van der Waals surface area (Å²) in [7, 11) is 0. The Morgan fingerprint density at radius 2 is 0.571 bits per heavy atom. The quantitative estimate of drug-likeness (QED) is 0.579. The second-order valence-corrected chi connectivity index (χ2v) is 6.05. The van der Waals surface area contributed by atoms with Gasteiger partial charge in [0, 0.05) is 27.7 Å². The molecule has 0 atom stereocenters. The summed E-state index contributed by atoms with van der Waals surface area (Å²) in [5, 5.41) is 5.61. The van der Waals surface area contributed by atoms with E-state index in [0.29, 0.717) is 0 Å². The van der Waals surface area contributed by atoms with Crippen molar-refractivity contribution >= 4 is 23.9 Å². The predicted molar refractivity (Wildman–Crippen MR) is 93.4 cm³/mol. The average Bonchev–Trinajstić information content (AvgIpc) is 2.55. The van der Waals surface area contributed by atoms with Gasteiger partial charge >= 0.3 is 23.9 Å². The zero-order valence-electron chi connectivity index (χ0n) is 16.7. The Labute approximate surface area is 163 Å². The highest BCUT2D eigenvalue weighted by Crippen LogP contribution is 2.04. The molecule has 0 amide bonds. The van der Waals surface area contributed by atoms with E-state index in [1.807, 2.05) is 0 Å². The van der Waals surface area contributed by atoms with Crippen LogP contribution in [-0.2, 0) is 38.5 Å². The number of rotatable bonds is 4. The molecule has 1 saturated heterocycles. The average molecular weight is 404 g/mol. The minimum absolute atomic E-state index is 0.244. The highest BCUT2D eigenvalue weighted by atomic mass is 16.7. The molecule has 0 aliphatic carbocycles. The molecule has 1 heterocycles. The van der Waals surface area contributed by atoms with Gasteiger partial charge in [-0.05, 0) is 0 Å². The summed E-state index contributed by atoms with van der Waals surface area (Å²) in [4.78, 5) is 66.0. The molecule has 160 valence electrons. The van der Waals surface area contributed by atoms with Crippen LogP contribution < -0.4 is 0 Å². The van der Waals surface area contributed by atoms with E-state index in [1.165, 1.54) is 47.9 Å². The molecule has 0 unspecified atom stereocenters. The van der Waals surface area contributed by atoms with E-state index in [9.17, 15) is 19.2 Å². The molecule has 0 bridgehead atoms. The van der Waals surface area contributed by atoms with Crippen LogP contribution in [0.25, 0.3) is 0 Å². The van der Waals surface area contributed by atoms with Gasteiger partial charge in [-0.3, -0.25) is 19.2 Å². The summed E-state index contributed by atoms with van der Waals surface area (Å²) in [6.45, 7) is 7.07. The van der Waals surface area contributed by atoms with Crippen LogP contribution in [0.15, 0.2) is 0 Å². The van der Waals surface area contributed by atoms with Crippen molar-refractivity contribution in [3.8, 4) is 0 Å². The molecule has 0 radical (unpaired) electrons. The van der Waals surface area contributed by atoms with Gasteiger partial charge in [0.2, 0.25) is 0 Å². The van der Waals surface area contributed by atoms with Crippen LogP contribution in [0, 0.1) is 0 Å². The van der Waals surface area contributed by atoms with Crippen LogP contribution in [0.1, 0.15) is 27.7 Å². The molecular formula is C16H28N4O8. The summed E-state index contributed by atoms with van der Waals surface area (Å²) in [5.74, 6) is -1.98. The minimum atomic E-state index is -0.494. The maximum absolute atomic E-state index is 11.3. The maximum Gasteiger partial charge on any atom is 0.322 e. The SMILES string of the molecule is CC(=O)ON1CCN(OC(C)=O)CCN(OC(C)=O)CCN(OC(C)=O)CC1. The van der Waals surface area contributed by atoms with E-state index in [-0.39, 0.29) is 52.4 Å². The molecule has 0 aromatic carbocycles. The summed E-state index contributed by atoms with van der Waals surface area (Å²) in [6.07, 6.45) is 0. The van der Waals surface area contributed by atoms with Gasteiger partial charge in [0.05, 0.1) is 52.4 Å². The molecule has 0 saturated carbocycles. The van der Waals surface area contributed by atoms with Gasteiger partial charge in [0.15, 0.2) is 0 Å². The van der Waals surface area contributed by atoms with Crippen LogP contribution in [0.4, 0.5) is 0 Å². The molecule has 0 aromatic heterocycles. The highest BCUT2D eigenvalue weighted by molar-refractivity contribution is 5.66. The Balaban J connectivity index is 2.90. The first-order valence-electron chi connectivity index (χ1n) is 8.89. The lowest BCUT2D eigenvalue weighted by atomic mass is 10.4. The number of carbonyl (C=O) groups excluding carboxylic acids is 4. The Kier molecular flexibility index (Phi) is 10.4. The van der Waals surface area contributed by atoms with Crippen molar-refractivity contribution in [2.45, 2.75) is 27.7 Å². The molecule has 12 nitrogen and oxygen atoms in total. The van der Waals surface area contributed by atoms with Crippen molar-refractivity contribution in [2.24, 2.45) is 0 Å². The molecule has 1 aliphatic rings. The second kappa shape index (κ2) is 12.2. The number of hydroxylamine groups is 8. The van der Waals surface area contributed by atoms with Gasteiger partial charge in [-0.25, -0.2) is 0 Å². The zero-order chi connectivity index (χ0) is 21.1. The molecular weight excluding hydrogens is 376 g/mol. The van der Waals surface area contributed by atoms with Gasteiger partial charge in [0.25, 0.3) is 0 Å². The van der Waals surface area contributed by atoms with Crippen molar-refractivity contribution in [2.75, 3.05) is 52.4 Å². The van der Waals surface area contributed by atoms with Crippen molar-refractivity contribution in [3.63, 3.8) is 0 Å². The monoisotopic (exact) mass is 404 g/mol. The zero-order valence-corrected chi connectivity index (χ0v) is 16.7. The van der Waals surface area contributed by atoms with Gasteiger partial charge in [-0.2, -0.15) is 0 Å². The van der Waals surface area contributed by atoms with Crippen LogP contribution >= 0.6 is 0 Å². The Bertz CT molecular complexity index is 447. The van der Waals surface area contributed by atoms with Gasteiger partial charge in [-0.1, -0.05) is 0 Å². The number of hydrogen-bond donors (Lipinski definition) is 0. The van der Waals surface area contributed by atoms with E-state index < -0.39 is 23.9 Å². The number of nitrogens with zero attached hydrogens (tertiary/aromatic N) is 4. The van der Waals surface area contributed by atoms with Crippen molar-refractivity contribution in [3.05, 3.63) is 0 Å². The minimum Gasteiger partial charge on any atom is -0.368 e. The normalized spacial score (nSPS) is 19.0. The van der Waals surface area contributed by atoms with Crippen LogP contribution in [0.2, 0.25) is 0 Å². The summed E-state index contributed by atoms with van der Waals surface area (Å²) in [5.41, 5.74) is 0. The first kappa shape index (κ1) is 23.8. The smallest absolute Gasteiger partial charge is 0.322 e. The largest absolute Gasteiger partial charge is 0.368 e. The maximum atomic E-state index is 11.3. The van der Waals surface area contributed by atoms with Gasteiger partial charge < -0.3 is 19.4 Å². The highest BCUT2D eigenvalue weighted by Gasteiger charge is 2.21. The van der Waals surface area contributed by atoms with E-state index in [0.717, 1.165) is 0 Å². The second-order valence-electron chi connectivity index (χ2n) is 6.05. The number of hydrogen-bond acceptors (Lipinski definition) is 12. The third-order valence-electron chi connectivity index (χ3n) is 3.43. The van der Waals surface area contributed by atoms with E-state index in [4.69, 9.17) is 19.4 Å². The lowest BCUT2D eigenvalue weighted by molar-refractivity contribution is -0.229. The summed E-state index contributed by atoms with van der Waals surface area (Å²) in [6, 6.07) is 0. The van der Waals surface area contributed by atoms with Gasteiger partial charge in [0.1, 0.15) is 0 Å². The van der Waals surface area contributed by atoms with Crippen molar-refractivity contribution in [1.82, 2.24) is 20.3 Å². The standard InChI is InChI=1S/C16H28N4O8/c1-13(21)25-17-5-7-18(26-14(2)22)9-11-20(28-16(4)24)12-10-19(8-6-17)27-15(3)23/h5-12H2,1-4H3. The summed E-state index contributed by atoms with van der Waals surface area (Å²) < 4.78 is 0. The van der Waals surface area contributed by atoms with E-state index in [1.54, 1.807) is 0 Å². The molecule has 1 fully saturated rings. The lowest BCUT2D eigenvalue weighted by Gasteiger charge is -2.31. The predicted octanol–water partition coefficient (Wildman–Crippen LogP) is -0.880. The third-order valence-corrected chi connectivity index (χ3v) is 3.43. The molecule has 28 heavy (non-hydrogen) atoms. The first-order chi connectivity index (χ1) is 13.2. The van der Waals surface area contributed by atoms with E-state index in [2.05, 4.69) is 0 Å². The third kappa shape index (κ3) is 10.8. The molecule has 0 spiro atoms. The van der Waals surface area contributed by atoms with Crippen LogP contribution in [0.5, 0.6) is 0 Å². The molecule has 12 heteroatoms. The number of carbonyl (C=O) groups is 4. The summed E-state index contributed by atoms with van der Waals surface area (Å²) >= 11 is 0. The van der Waals surface area contributed by atoms with Crippen molar-refractivity contribution < 1.29 is 38.5 Å². The fourth-order valence-corrected chi connectivity index (χ4v) is 2.43. The lowest BCUT2D eigenvalue weighted by Crippen LogP contribution is -2.47. The molecule has 1 aliphatic heterocycles. The Hall–Kier alpha value is -2.28. The molecule has 0 aromatic rings. The Morgan fingerprint density at radius 1 is 0.429 bits per heavy atom. The Morgan fingerprint density at radius 3 is 0.679 bits per heavy atom. The first-order valence-corrected chi connectivity index (χ1v) is 8.89. The topological polar surface area (TPSA) is 118 Å². The van der Waals surface area contributed by atoms with E-state index >= 15 is 0 Å².